The molecule has 0 amide bonds. The van der Waals surface area contributed by atoms with Crippen LogP contribution in [0.4, 0.5) is 0 Å². The first-order valence-corrected chi connectivity index (χ1v) is 5.66. The minimum atomic E-state index is 0.196. The lowest BCUT2D eigenvalue weighted by Crippen LogP contribution is -2.43. The Bertz CT molecular complexity index is 285. The minimum absolute atomic E-state index is 0.196. The maximum Gasteiger partial charge on any atom is 0.0499 e. The van der Waals surface area contributed by atoms with Crippen LogP contribution in [0.1, 0.15) is 25.0 Å². The molecule has 0 aliphatic heterocycles. The van der Waals surface area contributed by atoms with Gasteiger partial charge in [-0.2, -0.15) is 0 Å². The van der Waals surface area contributed by atoms with Gasteiger partial charge in [0.25, 0.3) is 0 Å². The second kappa shape index (κ2) is 4.37. The number of nitrogens with one attached hydrogen (secondary N) is 1. The molecule has 1 saturated carbocycles. The number of hydrogen-bond donors (Lipinski definition) is 2. The van der Waals surface area contributed by atoms with Gasteiger partial charge in [-0.25, -0.2) is 0 Å². The summed E-state index contributed by atoms with van der Waals surface area (Å²) in [6.07, 6.45) is 5.59. The molecule has 0 saturated heterocycles. The fraction of sp³-hybridized carbons (Fsp3) is 0.667. The second-order valence-electron chi connectivity index (χ2n) is 4.88. The van der Waals surface area contributed by atoms with E-state index >= 15 is 0 Å². The van der Waals surface area contributed by atoms with Crippen LogP contribution in [0.3, 0.4) is 0 Å². The van der Waals surface area contributed by atoms with Crippen LogP contribution in [0.5, 0.6) is 0 Å². The van der Waals surface area contributed by atoms with Crippen LogP contribution in [-0.4, -0.2) is 35.2 Å². The highest BCUT2D eigenvalue weighted by Gasteiger charge is 2.37. The number of H-pyrrole nitrogens is 1. The average molecular weight is 208 g/mol. The molecule has 2 N–H and O–H groups in total. The maximum absolute atomic E-state index is 9.38. The smallest absolute Gasteiger partial charge is 0.0499 e. The fourth-order valence-corrected chi connectivity index (χ4v) is 2.43. The molecule has 84 valence electrons. The predicted octanol–water partition coefficient (Wildman–Crippen LogP) is 1.61. The maximum atomic E-state index is 9.38. The van der Waals surface area contributed by atoms with E-state index in [1.807, 2.05) is 12.3 Å². The lowest BCUT2D eigenvalue weighted by atomic mass is 9.69. The Kier molecular flexibility index (Phi) is 3.12. The van der Waals surface area contributed by atoms with Crippen LogP contribution in [0, 0.1) is 5.41 Å². The monoisotopic (exact) mass is 208 g/mol. The van der Waals surface area contributed by atoms with Gasteiger partial charge in [-0.15, -0.1) is 0 Å². The first kappa shape index (κ1) is 10.7. The molecule has 0 spiro atoms. The molecule has 0 atom stereocenters. The Morgan fingerprint density at radius 3 is 2.80 bits per heavy atom. The molecule has 1 aromatic rings. The molecule has 0 radical (unpaired) electrons. The van der Waals surface area contributed by atoms with E-state index in [-0.39, 0.29) is 5.41 Å². The van der Waals surface area contributed by atoms with E-state index in [9.17, 15) is 5.11 Å². The van der Waals surface area contributed by atoms with Gasteiger partial charge in [0, 0.05) is 37.0 Å². The number of aromatic nitrogens is 1. The highest BCUT2D eigenvalue weighted by Crippen LogP contribution is 2.40. The zero-order valence-electron chi connectivity index (χ0n) is 9.37. The number of aliphatic hydroxyl groups is 1. The van der Waals surface area contributed by atoms with E-state index in [4.69, 9.17) is 0 Å². The third-order valence-electron chi connectivity index (χ3n) is 3.46. The lowest BCUT2D eigenvalue weighted by molar-refractivity contribution is 0.0125. The molecule has 3 heteroatoms. The van der Waals surface area contributed by atoms with Gasteiger partial charge in [0.05, 0.1) is 0 Å². The van der Waals surface area contributed by atoms with Crippen LogP contribution in [0.15, 0.2) is 18.3 Å². The topological polar surface area (TPSA) is 39.3 Å². The molecule has 0 aromatic carbocycles. The summed E-state index contributed by atoms with van der Waals surface area (Å²) in [5.41, 5.74) is 1.44. The average Bonchev–Trinajstić information content (AvgIpc) is 2.64. The molecule has 1 aromatic heterocycles. The van der Waals surface area contributed by atoms with Crippen LogP contribution < -0.4 is 0 Å². The Morgan fingerprint density at radius 2 is 2.33 bits per heavy atom. The molecular formula is C12H20N2O. The summed E-state index contributed by atoms with van der Waals surface area (Å²) < 4.78 is 0. The van der Waals surface area contributed by atoms with Crippen molar-refractivity contribution >= 4 is 0 Å². The molecule has 3 nitrogen and oxygen atoms in total. The first-order valence-electron chi connectivity index (χ1n) is 5.66. The second-order valence-corrected chi connectivity index (χ2v) is 4.88. The van der Waals surface area contributed by atoms with Crippen LogP contribution in [-0.2, 0) is 6.54 Å². The summed E-state index contributed by atoms with van der Waals surface area (Å²) in [7, 11) is 2.12. The van der Waals surface area contributed by atoms with E-state index in [0.717, 1.165) is 13.1 Å². The van der Waals surface area contributed by atoms with Crippen molar-refractivity contribution in [1.82, 2.24) is 9.88 Å². The highest BCUT2D eigenvalue weighted by atomic mass is 16.3. The number of rotatable bonds is 5. The Hall–Kier alpha value is -0.800. The number of aliphatic hydroxyl groups excluding tert-OH is 1. The van der Waals surface area contributed by atoms with Gasteiger partial charge in [0.1, 0.15) is 0 Å². The van der Waals surface area contributed by atoms with Gasteiger partial charge in [0.15, 0.2) is 0 Å². The van der Waals surface area contributed by atoms with Gasteiger partial charge in [-0.1, -0.05) is 6.42 Å². The van der Waals surface area contributed by atoms with E-state index < -0.39 is 0 Å². The number of aromatic amines is 1. The molecular weight excluding hydrogens is 188 g/mol. The molecule has 0 unspecified atom stereocenters. The standard InChI is InChI=1S/C12H20N2O/c1-14(8-11-4-2-7-13-11)9-12(10-15)5-3-6-12/h2,4,7,13,15H,3,5-6,8-10H2,1H3. The normalized spacial score (nSPS) is 19.1. The van der Waals surface area contributed by atoms with Crippen molar-refractivity contribution in [3.63, 3.8) is 0 Å². The fourth-order valence-electron chi connectivity index (χ4n) is 2.43. The lowest BCUT2D eigenvalue weighted by Gasteiger charge is -2.42. The number of hydrogen-bond acceptors (Lipinski definition) is 2. The van der Waals surface area contributed by atoms with Gasteiger partial charge in [-0.05, 0) is 32.0 Å². The third-order valence-corrected chi connectivity index (χ3v) is 3.46. The SMILES string of the molecule is CN(Cc1ccc[nH]1)CC1(CO)CCC1. The van der Waals surface area contributed by atoms with E-state index in [1.165, 1.54) is 25.0 Å². The summed E-state index contributed by atoms with van der Waals surface area (Å²) in [4.78, 5) is 5.50. The molecule has 1 fully saturated rings. The van der Waals surface area contributed by atoms with Crippen molar-refractivity contribution in [3.8, 4) is 0 Å². The quantitative estimate of drug-likeness (QED) is 0.771. The van der Waals surface area contributed by atoms with E-state index in [2.05, 4.69) is 23.0 Å². The highest BCUT2D eigenvalue weighted by molar-refractivity contribution is 5.03. The van der Waals surface area contributed by atoms with Crippen LogP contribution in [0.2, 0.25) is 0 Å². The molecule has 1 aliphatic carbocycles. The minimum Gasteiger partial charge on any atom is -0.396 e. The van der Waals surface area contributed by atoms with Gasteiger partial charge >= 0.3 is 0 Å². The zero-order valence-corrected chi connectivity index (χ0v) is 9.37. The summed E-state index contributed by atoms with van der Waals surface area (Å²) in [6, 6.07) is 4.12. The van der Waals surface area contributed by atoms with Crippen molar-refractivity contribution in [3.05, 3.63) is 24.0 Å². The summed E-state index contributed by atoms with van der Waals surface area (Å²) in [5.74, 6) is 0. The Morgan fingerprint density at radius 1 is 1.53 bits per heavy atom. The Balaban J connectivity index is 1.84. The van der Waals surface area contributed by atoms with Crippen LogP contribution in [0.25, 0.3) is 0 Å². The van der Waals surface area contributed by atoms with E-state index in [1.54, 1.807) is 0 Å². The first-order chi connectivity index (χ1) is 7.24. The van der Waals surface area contributed by atoms with Crippen molar-refractivity contribution in [2.24, 2.45) is 5.41 Å². The number of nitrogens with zero attached hydrogens (tertiary/aromatic N) is 1. The molecule has 1 aliphatic rings. The molecule has 0 bridgehead atoms. The molecule has 1 heterocycles. The summed E-state index contributed by atoms with van der Waals surface area (Å²) >= 11 is 0. The van der Waals surface area contributed by atoms with Crippen LogP contribution >= 0.6 is 0 Å². The van der Waals surface area contributed by atoms with Crippen molar-refractivity contribution in [2.45, 2.75) is 25.8 Å². The zero-order chi connectivity index (χ0) is 10.7. The molecule has 2 rings (SSSR count). The third kappa shape index (κ3) is 2.41. The Labute approximate surface area is 91.1 Å². The van der Waals surface area contributed by atoms with Crippen molar-refractivity contribution < 1.29 is 5.11 Å². The summed E-state index contributed by atoms with van der Waals surface area (Å²) in [6.45, 7) is 2.28. The summed E-state index contributed by atoms with van der Waals surface area (Å²) in [5, 5.41) is 9.38. The van der Waals surface area contributed by atoms with Gasteiger partial charge < -0.3 is 10.1 Å². The van der Waals surface area contributed by atoms with E-state index in [0.29, 0.717) is 6.61 Å². The van der Waals surface area contributed by atoms with Gasteiger partial charge in [-0.3, -0.25) is 4.90 Å². The molecule has 15 heavy (non-hydrogen) atoms. The van der Waals surface area contributed by atoms with Crippen molar-refractivity contribution in [2.75, 3.05) is 20.2 Å². The largest absolute Gasteiger partial charge is 0.396 e. The van der Waals surface area contributed by atoms with Gasteiger partial charge in [0.2, 0.25) is 0 Å². The van der Waals surface area contributed by atoms with Crippen molar-refractivity contribution in [1.29, 1.82) is 0 Å². The predicted molar refractivity (Wildman–Crippen MR) is 60.5 cm³/mol.